The molecule has 1 atom stereocenters. The fraction of sp³-hybridized carbons (Fsp3) is 0.867. The summed E-state index contributed by atoms with van der Waals surface area (Å²) in [6, 6.07) is 0.189. The number of ether oxygens (including phenoxy) is 1. The maximum atomic E-state index is 12.7. The van der Waals surface area contributed by atoms with Crippen LogP contribution in [0.4, 0.5) is 13.2 Å². The smallest absolute Gasteiger partial charge is 0.391 e. The molecule has 0 amide bonds. The summed E-state index contributed by atoms with van der Waals surface area (Å²) in [6.07, 6.45) is 1.65. The molecule has 0 spiro atoms. The second-order valence-corrected chi connectivity index (χ2v) is 5.86. The van der Waals surface area contributed by atoms with E-state index in [9.17, 15) is 13.2 Å². The molecule has 0 bridgehead atoms. The van der Waals surface area contributed by atoms with Crippen LogP contribution in [-0.4, -0.2) is 25.4 Å². The molecule has 1 aliphatic heterocycles. The van der Waals surface area contributed by atoms with E-state index in [4.69, 9.17) is 4.74 Å². The standard InChI is InChI=1S/C15H24F3NO/c1-2-19-14(12-4-3-9-20-10-12)11-5-7-13(8-6-11)15(16,17)18/h10-11,13-14,19H,2-9H2,1H3. The molecule has 5 heteroatoms. The van der Waals surface area contributed by atoms with E-state index in [1.54, 1.807) is 0 Å². The van der Waals surface area contributed by atoms with Gasteiger partial charge in [0.05, 0.1) is 18.8 Å². The number of alkyl halides is 3. The number of rotatable bonds is 4. The van der Waals surface area contributed by atoms with E-state index in [1.165, 1.54) is 5.57 Å². The Morgan fingerprint density at radius 1 is 1.30 bits per heavy atom. The minimum Gasteiger partial charge on any atom is -0.501 e. The highest BCUT2D eigenvalue weighted by Gasteiger charge is 2.42. The maximum absolute atomic E-state index is 12.7. The van der Waals surface area contributed by atoms with Gasteiger partial charge in [-0.05, 0) is 56.6 Å². The largest absolute Gasteiger partial charge is 0.501 e. The third-order valence-corrected chi connectivity index (χ3v) is 4.49. The minimum atomic E-state index is -4.02. The molecule has 1 heterocycles. The lowest BCUT2D eigenvalue weighted by Crippen LogP contribution is -2.41. The monoisotopic (exact) mass is 291 g/mol. The zero-order chi connectivity index (χ0) is 14.6. The van der Waals surface area contributed by atoms with Gasteiger partial charge in [0.1, 0.15) is 0 Å². The Kier molecular flexibility index (Phi) is 5.35. The molecule has 2 aliphatic rings. The van der Waals surface area contributed by atoms with Crippen LogP contribution in [0.25, 0.3) is 0 Å². The topological polar surface area (TPSA) is 21.3 Å². The van der Waals surface area contributed by atoms with Gasteiger partial charge < -0.3 is 10.1 Å². The lowest BCUT2D eigenvalue weighted by atomic mass is 9.75. The van der Waals surface area contributed by atoms with Gasteiger partial charge in [0, 0.05) is 6.04 Å². The van der Waals surface area contributed by atoms with Crippen LogP contribution in [-0.2, 0) is 4.74 Å². The van der Waals surface area contributed by atoms with E-state index >= 15 is 0 Å². The first-order valence-corrected chi connectivity index (χ1v) is 7.63. The molecule has 0 aromatic carbocycles. The average molecular weight is 291 g/mol. The van der Waals surface area contributed by atoms with Crippen LogP contribution >= 0.6 is 0 Å². The summed E-state index contributed by atoms with van der Waals surface area (Å²) in [5.41, 5.74) is 1.23. The minimum absolute atomic E-state index is 0.189. The van der Waals surface area contributed by atoms with Crippen molar-refractivity contribution in [2.45, 2.75) is 57.7 Å². The summed E-state index contributed by atoms with van der Waals surface area (Å²) in [5, 5.41) is 3.45. The van der Waals surface area contributed by atoms with Gasteiger partial charge in [-0.2, -0.15) is 13.2 Å². The molecule has 0 aromatic rings. The predicted molar refractivity (Wildman–Crippen MR) is 72.2 cm³/mol. The van der Waals surface area contributed by atoms with Gasteiger partial charge in [0.15, 0.2) is 0 Å². The molecule has 2 nitrogen and oxygen atoms in total. The number of likely N-dealkylation sites (N-methyl/N-ethyl adjacent to an activating group) is 1. The fourth-order valence-electron chi connectivity index (χ4n) is 3.41. The van der Waals surface area contributed by atoms with Gasteiger partial charge in [-0.3, -0.25) is 0 Å². The highest BCUT2D eigenvalue weighted by atomic mass is 19.4. The lowest BCUT2D eigenvalue weighted by Gasteiger charge is -2.36. The van der Waals surface area contributed by atoms with Crippen LogP contribution in [0.15, 0.2) is 11.8 Å². The molecule has 1 saturated carbocycles. The van der Waals surface area contributed by atoms with Crippen molar-refractivity contribution in [3.05, 3.63) is 11.8 Å². The van der Waals surface area contributed by atoms with E-state index in [0.29, 0.717) is 18.8 Å². The predicted octanol–water partition coefficient (Wildman–Crippen LogP) is 4.03. The highest BCUT2D eigenvalue weighted by molar-refractivity contribution is 5.12. The van der Waals surface area contributed by atoms with Crippen molar-refractivity contribution in [3.63, 3.8) is 0 Å². The molecule has 1 aliphatic carbocycles. The quantitative estimate of drug-likeness (QED) is 0.844. The summed E-state index contributed by atoms with van der Waals surface area (Å²) < 4.78 is 43.6. The molecular formula is C15H24F3NO. The third kappa shape index (κ3) is 3.90. The molecule has 0 saturated heterocycles. The third-order valence-electron chi connectivity index (χ3n) is 4.49. The molecular weight excluding hydrogens is 267 g/mol. The van der Waals surface area contributed by atoms with Gasteiger partial charge in [-0.15, -0.1) is 0 Å². The van der Waals surface area contributed by atoms with Crippen molar-refractivity contribution in [3.8, 4) is 0 Å². The lowest BCUT2D eigenvalue weighted by molar-refractivity contribution is -0.184. The average Bonchev–Trinajstić information content (AvgIpc) is 2.45. The van der Waals surface area contributed by atoms with Crippen LogP contribution < -0.4 is 5.32 Å². The highest BCUT2D eigenvalue weighted by Crippen LogP contribution is 2.41. The Morgan fingerprint density at radius 2 is 2.00 bits per heavy atom. The zero-order valence-electron chi connectivity index (χ0n) is 12.0. The Bertz CT molecular complexity index is 333. The first-order chi connectivity index (χ1) is 9.52. The zero-order valence-corrected chi connectivity index (χ0v) is 12.0. The molecule has 1 N–H and O–H groups in total. The molecule has 1 unspecified atom stereocenters. The van der Waals surface area contributed by atoms with E-state index in [1.807, 2.05) is 13.2 Å². The second-order valence-electron chi connectivity index (χ2n) is 5.86. The van der Waals surface area contributed by atoms with Crippen molar-refractivity contribution in [2.24, 2.45) is 11.8 Å². The Morgan fingerprint density at radius 3 is 2.50 bits per heavy atom. The van der Waals surface area contributed by atoms with E-state index < -0.39 is 12.1 Å². The van der Waals surface area contributed by atoms with Gasteiger partial charge >= 0.3 is 6.18 Å². The summed E-state index contributed by atoms with van der Waals surface area (Å²) in [6.45, 7) is 3.63. The van der Waals surface area contributed by atoms with Crippen LogP contribution in [0.3, 0.4) is 0 Å². The Hall–Kier alpha value is -0.710. The van der Waals surface area contributed by atoms with E-state index in [2.05, 4.69) is 5.32 Å². The van der Waals surface area contributed by atoms with Crippen molar-refractivity contribution in [1.29, 1.82) is 0 Å². The van der Waals surface area contributed by atoms with Crippen LogP contribution in [0.2, 0.25) is 0 Å². The van der Waals surface area contributed by atoms with Crippen molar-refractivity contribution in [1.82, 2.24) is 5.32 Å². The van der Waals surface area contributed by atoms with E-state index in [-0.39, 0.29) is 18.9 Å². The van der Waals surface area contributed by atoms with Gasteiger partial charge in [0.25, 0.3) is 0 Å². The SMILES string of the molecule is CCNC(C1=COCCC1)C1CCC(C(F)(F)F)CC1. The summed E-state index contributed by atoms with van der Waals surface area (Å²) in [7, 11) is 0. The van der Waals surface area contributed by atoms with Crippen molar-refractivity contribution in [2.75, 3.05) is 13.2 Å². The normalized spacial score (nSPS) is 29.5. The molecule has 2 rings (SSSR count). The molecule has 1 fully saturated rings. The van der Waals surface area contributed by atoms with Gasteiger partial charge in [-0.25, -0.2) is 0 Å². The molecule has 0 aromatic heterocycles. The van der Waals surface area contributed by atoms with Crippen LogP contribution in [0.1, 0.15) is 45.4 Å². The van der Waals surface area contributed by atoms with Crippen molar-refractivity contribution < 1.29 is 17.9 Å². The van der Waals surface area contributed by atoms with Gasteiger partial charge in [0.2, 0.25) is 0 Å². The molecule has 20 heavy (non-hydrogen) atoms. The second kappa shape index (κ2) is 6.83. The van der Waals surface area contributed by atoms with Gasteiger partial charge in [-0.1, -0.05) is 6.92 Å². The maximum Gasteiger partial charge on any atom is 0.391 e. The number of halogens is 3. The summed E-state index contributed by atoms with van der Waals surface area (Å²) in [5.74, 6) is -0.792. The molecule has 116 valence electrons. The fourth-order valence-corrected chi connectivity index (χ4v) is 3.41. The first kappa shape index (κ1) is 15.7. The first-order valence-electron chi connectivity index (χ1n) is 7.63. The number of hydrogen-bond donors (Lipinski definition) is 1. The Balaban J connectivity index is 1.96. The summed E-state index contributed by atoms with van der Waals surface area (Å²) >= 11 is 0. The summed E-state index contributed by atoms with van der Waals surface area (Å²) in [4.78, 5) is 0. The molecule has 0 radical (unpaired) electrons. The van der Waals surface area contributed by atoms with Crippen LogP contribution in [0.5, 0.6) is 0 Å². The van der Waals surface area contributed by atoms with E-state index in [0.717, 1.165) is 26.0 Å². The van der Waals surface area contributed by atoms with Crippen LogP contribution in [0, 0.1) is 11.8 Å². The number of nitrogens with one attached hydrogen (secondary N) is 1. The number of hydrogen-bond acceptors (Lipinski definition) is 2. The Labute approximate surface area is 118 Å². The van der Waals surface area contributed by atoms with Crippen molar-refractivity contribution >= 4 is 0 Å².